The van der Waals surface area contributed by atoms with E-state index in [1.54, 1.807) is 6.20 Å². The zero-order chi connectivity index (χ0) is 21.0. The molecule has 2 aliphatic rings. The lowest BCUT2D eigenvalue weighted by Gasteiger charge is -2.32. The highest BCUT2D eigenvalue weighted by Gasteiger charge is 2.53. The Bertz CT molecular complexity index is 916. The standard InChI is InChI=1S/C23H25N3O3S/c27-20(25-12-14-30-15-13-25)16-23(18-6-2-1-3-7-18)17-21(28)26(22(23)29)11-9-19-8-4-5-10-24-19/h1-8,10H,9,11-17H2. The molecule has 2 aromatic rings. The van der Waals surface area contributed by atoms with Gasteiger partial charge in [0.15, 0.2) is 0 Å². The van der Waals surface area contributed by atoms with Crippen molar-refractivity contribution >= 4 is 29.5 Å². The minimum absolute atomic E-state index is 0.0341. The molecule has 6 nitrogen and oxygen atoms in total. The maximum atomic E-state index is 13.6. The number of likely N-dealkylation sites (tertiary alicyclic amines) is 1. The van der Waals surface area contributed by atoms with Crippen molar-refractivity contribution in [3.8, 4) is 0 Å². The number of pyridine rings is 1. The van der Waals surface area contributed by atoms with Gasteiger partial charge in [-0.2, -0.15) is 11.8 Å². The molecule has 156 valence electrons. The first kappa shape index (κ1) is 20.6. The Morgan fingerprint density at radius 1 is 1.03 bits per heavy atom. The van der Waals surface area contributed by atoms with E-state index in [2.05, 4.69) is 4.98 Å². The first-order valence-corrected chi connectivity index (χ1v) is 11.4. The van der Waals surface area contributed by atoms with Gasteiger partial charge < -0.3 is 4.90 Å². The Morgan fingerprint density at radius 2 is 1.77 bits per heavy atom. The van der Waals surface area contributed by atoms with Crippen LogP contribution in [0, 0.1) is 0 Å². The smallest absolute Gasteiger partial charge is 0.240 e. The van der Waals surface area contributed by atoms with E-state index >= 15 is 0 Å². The van der Waals surface area contributed by atoms with Crippen LogP contribution in [0.1, 0.15) is 24.1 Å². The van der Waals surface area contributed by atoms with E-state index < -0.39 is 5.41 Å². The molecule has 0 bridgehead atoms. The van der Waals surface area contributed by atoms with Gasteiger partial charge in [-0.05, 0) is 17.7 Å². The van der Waals surface area contributed by atoms with Gasteiger partial charge in [-0.25, -0.2) is 0 Å². The third-order valence-corrected chi connectivity index (χ3v) is 6.81. The Balaban J connectivity index is 1.58. The lowest BCUT2D eigenvalue weighted by atomic mass is 9.75. The minimum atomic E-state index is -1.12. The summed E-state index contributed by atoms with van der Waals surface area (Å²) in [7, 11) is 0. The fourth-order valence-corrected chi connectivity index (χ4v) is 5.11. The quantitative estimate of drug-likeness (QED) is 0.667. The molecule has 4 rings (SSSR count). The van der Waals surface area contributed by atoms with Gasteiger partial charge in [-0.15, -0.1) is 0 Å². The summed E-state index contributed by atoms with van der Waals surface area (Å²) in [4.78, 5) is 47.0. The third kappa shape index (κ3) is 4.12. The van der Waals surface area contributed by atoms with Crippen LogP contribution in [0.3, 0.4) is 0 Å². The van der Waals surface area contributed by atoms with Crippen LogP contribution in [-0.4, -0.2) is 63.6 Å². The Hall–Kier alpha value is -2.67. The van der Waals surface area contributed by atoms with Gasteiger partial charge >= 0.3 is 0 Å². The van der Waals surface area contributed by atoms with Crippen molar-refractivity contribution in [2.24, 2.45) is 0 Å². The predicted molar refractivity (Wildman–Crippen MR) is 116 cm³/mol. The molecule has 7 heteroatoms. The summed E-state index contributed by atoms with van der Waals surface area (Å²) < 4.78 is 0. The molecule has 2 fully saturated rings. The van der Waals surface area contributed by atoms with Crippen molar-refractivity contribution in [1.29, 1.82) is 0 Å². The summed E-state index contributed by atoms with van der Waals surface area (Å²) in [5.74, 6) is 1.28. The van der Waals surface area contributed by atoms with E-state index in [4.69, 9.17) is 0 Å². The Kier molecular flexibility index (Phi) is 6.18. The maximum Gasteiger partial charge on any atom is 0.240 e. The summed E-state index contributed by atoms with van der Waals surface area (Å²) in [6.07, 6.45) is 2.27. The van der Waals surface area contributed by atoms with Gasteiger partial charge in [0.1, 0.15) is 0 Å². The SMILES string of the molecule is O=C(CC1(c2ccccc2)CC(=O)N(CCc2ccccn2)C1=O)N1CCSCC1. The summed E-state index contributed by atoms with van der Waals surface area (Å²) in [5, 5.41) is 0. The van der Waals surface area contributed by atoms with Crippen molar-refractivity contribution in [1.82, 2.24) is 14.8 Å². The average molecular weight is 424 g/mol. The zero-order valence-corrected chi connectivity index (χ0v) is 17.6. The molecular formula is C23H25N3O3S. The van der Waals surface area contributed by atoms with Crippen molar-refractivity contribution < 1.29 is 14.4 Å². The number of benzene rings is 1. The van der Waals surface area contributed by atoms with Gasteiger partial charge in [0.05, 0.1) is 5.41 Å². The molecule has 1 aromatic carbocycles. The monoisotopic (exact) mass is 423 g/mol. The number of imide groups is 1. The van der Waals surface area contributed by atoms with E-state index in [-0.39, 0.29) is 37.1 Å². The lowest BCUT2D eigenvalue weighted by Crippen LogP contribution is -2.45. The molecule has 0 aliphatic carbocycles. The van der Waals surface area contributed by atoms with Crippen molar-refractivity contribution in [2.75, 3.05) is 31.1 Å². The number of hydrogen-bond acceptors (Lipinski definition) is 5. The third-order valence-electron chi connectivity index (χ3n) is 5.87. The van der Waals surface area contributed by atoms with Gasteiger partial charge in [0.25, 0.3) is 0 Å². The molecule has 2 saturated heterocycles. The molecule has 1 atom stereocenters. The van der Waals surface area contributed by atoms with E-state index in [1.165, 1.54) is 4.90 Å². The molecule has 0 saturated carbocycles. The van der Waals surface area contributed by atoms with E-state index in [0.29, 0.717) is 19.5 Å². The molecule has 3 amide bonds. The first-order chi connectivity index (χ1) is 14.6. The minimum Gasteiger partial charge on any atom is -0.341 e. The van der Waals surface area contributed by atoms with E-state index in [1.807, 2.05) is 65.2 Å². The van der Waals surface area contributed by atoms with Crippen LogP contribution in [0.15, 0.2) is 54.7 Å². The van der Waals surface area contributed by atoms with Crippen LogP contribution in [0.4, 0.5) is 0 Å². The number of rotatable bonds is 6. The molecular weight excluding hydrogens is 398 g/mol. The van der Waals surface area contributed by atoms with Crippen molar-refractivity contribution in [3.63, 3.8) is 0 Å². The molecule has 3 heterocycles. The lowest BCUT2D eigenvalue weighted by molar-refractivity contribution is -0.142. The largest absolute Gasteiger partial charge is 0.341 e. The number of nitrogens with zero attached hydrogens (tertiary/aromatic N) is 3. The van der Waals surface area contributed by atoms with Crippen LogP contribution in [0.5, 0.6) is 0 Å². The van der Waals surface area contributed by atoms with Crippen molar-refractivity contribution in [3.05, 3.63) is 66.0 Å². The fourth-order valence-electron chi connectivity index (χ4n) is 4.21. The topological polar surface area (TPSA) is 70.6 Å². The summed E-state index contributed by atoms with van der Waals surface area (Å²) in [6, 6.07) is 14.9. The van der Waals surface area contributed by atoms with Crippen LogP contribution in [0.2, 0.25) is 0 Å². The number of aromatic nitrogens is 1. The molecule has 0 spiro atoms. The van der Waals surface area contributed by atoms with Crippen LogP contribution < -0.4 is 0 Å². The molecule has 30 heavy (non-hydrogen) atoms. The number of carbonyl (C=O) groups excluding carboxylic acids is 3. The van der Waals surface area contributed by atoms with Gasteiger partial charge in [-0.1, -0.05) is 36.4 Å². The van der Waals surface area contributed by atoms with E-state index in [0.717, 1.165) is 22.8 Å². The Labute approximate surface area is 180 Å². The van der Waals surface area contributed by atoms with Gasteiger partial charge in [-0.3, -0.25) is 24.3 Å². The second-order valence-electron chi connectivity index (χ2n) is 7.72. The summed E-state index contributed by atoms with van der Waals surface area (Å²) >= 11 is 1.83. The summed E-state index contributed by atoms with van der Waals surface area (Å²) in [5.41, 5.74) is 0.449. The molecule has 1 unspecified atom stereocenters. The molecule has 0 N–H and O–H groups in total. The highest BCUT2D eigenvalue weighted by molar-refractivity contribution is 7.99. The number of amides is 3. The first-order valence-electron chi connectivity index (χ1n) is 10.3. The second kappa shape index (κ2) is 9.00. The van der Waals surface area contributed by atoms with Crippen LogP contribution in [0.25, 0.3) is 0 Å². The maximum absolute atomic E-state index is 13.6. The molecule has 1 aromatic heterocycles. The normalized spacial score (nSPS) is 21.9. The number of hydrogen-bond donors (Lipinski definition) is 0. The number of carbonyl (C=O) groups is 3. The average Bonchev–Trinajstić information content (AvgIpc) is 3.04. The van der Waals surface area contributed by atoms with Crippen LogP contribution >= 0.6 is 11.8 Å². The fraction of sp³-hybridized carbons (Fsp3) is 0.391. The highest BCUT2D eigenvalue weighted by atomic mass is 32.2. The van der Waals surface area contributed by atoms with E-state index in [9.17, 15) is 14.4 Å². The highest BCUT2D eigenvalue weighted by Crippen LogP contribution is 2.40. The van der Waals surface area contributed by atoms with Gasteiger partial charge in [0.2, 0.25) is 17.7 Å². The number of thioether (sulfide) groups is 1. The molecule has 0 radical (unpaired) electrons. The molecule has 2 aliphatic heterocycles. The van der Waals surface area contributed by atoms with Gasteiger partial charge in [0, 0.05) is 62.3 Å². The summed E-state index contributed by atoms with van der Waals surface area (Å²) in [6.45, 7) is 1.66. The van der Waals surface area contributed by atoms with Crippen molar-refractivity contribution in [2.45, 2.75) is 24.7 Å². The van der Waals surface area contributed by atoms with Crippen LogP contribution in [-0.2, 0) is 26.2 Å². The second-order valence-corrected chi connectivity index (χ2v) is 8.94. The zero-order valence-electron chi connectivity index (χ0n) is 16.8. The Morgan fingerprint density at radius 3 is 2.47 bits per heavy atom. The predicted octanol–water partition coefficient (Wildman–Crippen LogP) is 2.29.